The fourth-order valence-corrected chi connectivity index (χ4v) is 2.65. The quantitative estimate of drug-likeness (QED) is 0.602. The molecule has 0 aliphatic carbocycles. The van der Waals surface area contributed by atoms with Crippen molar-refractivity contribution in [1.29, 1.82) is 0 Å². The van der Waals surface area contributed by atoms with E-state index in [0.717, 1.165) is 11.3 Å². The highest BCUT2D eigenvalue weighted by atomic mass is 19.1. The normalized spacial score (nSPS) is 11.7. The van der Waals surface area contributed by atoms with E-state index >= 15 is 0 Å². The minimum Gasteiger partial charge on any atom is -0.494 e. The van der Waals surface area contributed by atoms with Crippen LogP contribution >= 0.6 is 0 Å². The Kier molecular flexibility index (Phi) is 6.32. The average Bonchev–Trinajstić information content (AvgIpc) is 3.17. The van der Waals surface area contributed by atoms with Crippen LogP contribution in [0, 0.1) is 5.82 Å². The molecule has 0 fully saturated rings. The molecule has 0 aliphatic heterocycles. The summed E-state index contributed by atoms with van der Waals surface area (Å²) >= 11 is 0. The Bertz CT molecular complexity index is 920. The molecule has 5 nitrogen and oxygen atoms in total. The lowest BCUT2D eigenvalue weighted by Gasteiger charge is -2.14. The third-order valence-corrected chi connectivity index (χ3v) is 4.10. The van der Waals surface area contributed by atoms with Crippen molar-refractivity contribution in [3.8, 4) is 11.5 Å². The number of nitrogens with one attached hydrogen (secondary N) is 1. The summed E-state index contributed by atoms with van der Waals surface area (Å²) in [6.45, 7) is 4.54. The Labute approximate surface area is 163 Å². The monoisotopic (exact) mass is 383 g/mol. The standard InChI is InChI=1S/C22H22FNO4/c1-3-26-19-6-4-5-16(13-19)15(2)24-22(25)21-12-11-20(28-21)14-27-18-9-7-17(23)8-10-18/h4-13,15H,3,14H2,1-2H3,(H,24,25). The van der Waals surface area contributed by atoms with Crippen LogP contribution < -0.4 is 14.8 Å². The maximum atomic E-state index is 12.9. The molecular formula is C22H22FNO4. The first-order valence-corrected chi connectivity index (χ1v) is 9.06. The van der Waals surface area contributed by atoms with Gasteiger partial charge >= 0.3 is 0 Å². The summed E-state index contributed by atoms with van der Waals surface area (Å²) in [6, 6.07) is 16.4. The van der Waals surface area contributed by atoms with Crippen molar-refractivity contribution in [3.05, 3.63) is 83.6 Å². The Hall–Kier alpha value is -3.28. The molecule has 3 aromatic rings. The molecular weight excluding hydrogens is 361 g/mol. The van der Waals surface area contributed by atoms with Gasteiger partial charge in [0.15, 0.2) is 5.76 Å². The van der Waals surface area contributed by atoms with Crippen LogP contribution in [0.15, 0.2) is 65.1 Å². The van der Waals surface area contributed by atoms with Gasteiger partial charge in [-0.05, 0) is 67.9 Å². The number of hydrogen-bond acceptors (Lipinski definition) is 4. The van der Waals surface area contributed by atoms with E-state index in [1.165, 1.54) is 24.3 Å². The molecule has 0 bridgehead atoms. The predicted octanol–water partition coefficient (Wildman–Crippen LogP) is 4.89. The molecule has 0 spiro atoms. The molecule has 1 atom stereocenters. The number of furan rings is 1. The van der Waals surface area contributed by atoms with Gasteiger partial charge in [0.05, 0.1) is 12.6 Å². The van der Waals surface area contributed by atoms with Crippen LogP contribution in [0.2, 0.25) is 0 Å². The Balaban J connectivity index is 1.57. The number of halogens is 1. The van der Waals surface area contributed by atoms with E-state index < -0.39 is 0 Å². The predicted molar refractivity (Wildman–Crippen MR) is 103 cm³/mol. The average molecular weight is 383 g/mol. The number of ether oxygens (including phenoxy) is 2. The molecule has 0 radical (unpaired) electrons. The van der Waals surface area contributed by atoms with E-state index in [1.54, 1.807) is 12.1 Å². The number of carbonyl (C=O) groups is 1. The Morgan fingerprint density at radius 1 is 1.07 bits per heavy atom. The van der Waals surface area contributed by atoms with Gasteiger partial charge < -0.3 is 19.2 Å². The molecule has 0 saturated carbocycles. The number of benzene rings is 2. The van der Waals surface area contributed by atoms with Crippen LogP contribution in [0.3, 0.4) is 0 Å². The van der Waals surface area contributed by atoms with E-state index in [9.17, 15) is 9.18 Å². The third kappa shape index (κ3) is 5.13. The maximum absolute atomic E-state index is 12.9. The number of carbonyl (C=O) groups excluding carboxylic acids is 1. The Morgan fingerprint density at radius 3 is 2.61 bits per heavy atom. The maximum Gasteiger partial charge on any atom is 0.287 e. The minimum absolute atomic E-state index is 0.144. The summed E-state index contributed by atoms with van der Waals surface area (Å²) < 4.78 is 29.5. The molecule has 0 aliphatic rings. The van der Waals surface area contributed by atoms with Crippen molar-refractivity contribution in [2.24, 2.45) is 0 Å². The second-order valence-corrected chi connectivity index (χ2v) is 6.21. The van der Waals surface area contributed by atoms with Gasteiger partial charge in [-0.25, -0.2) is 4.39 Å². The topological polar surface area (TPSA) is 60.7 Å². The molecule has 6 heteroatoms. The minimum atomic E-state index is -0.329. The molecule has 1 heterocycles. The van der Waals surface area contributed by atoms with Gasteiger partial charge in [-0.3, -0.25) is 4.79 Å². The first-order chi connectivity index (χ1) is 13.5. The van der Waals surface area contributed by atoms with Gasteiger partial charge in [0.1, 0.15) is 29.7 Å². The fourth-order valence-electron chi connectivity index (χ4n) is 2.65. The van der Waals surface area contributed by atoms with Crippen molar-refractivity contribution in [2.45, 2.75) is 26.5 Å². The van der Waals surface area contributed by atoms with E-state index in [4.69, 9.17) is 13.9 Å². The molecule has 1 unspecified atom stereocenters. The largest absolute Gasteiger partial charge is 0.494 e. The van der Waals surface area contributed by atoms with E-state index in [1.807, 2.05) is 38.1 Å². The highest BCUT2D eigenvalue weighted by Gasteiger charge is 2.15. The van der Waals surface area contributed by atoms with Gasteiger partial charge in [0, 0.05) is 0 Å². The fraction of sp³-hybridized carbons (Fsp3) is 0.227. The van der Waals surface area contributed by atoms with Gasteiger partial charge in [-0.1, -0.05) is 12.1 Å². The van der Waals surface area contributed by atoms with Crippen LogP contribution in [-0.4, -0.2) is 12.5 Å². The Morgan fingerprint density at radius 2 is 1.86 bits per heavy atom. The zero-order chi connectivity index (χ0) is 19.9. The molecule has 28 heavy (non-hydrogen) atoms. The molecule has 146 valence electrons. The van der Waals surface area contributed by atoms with E-state index in [-0.39, 0.29) is 30.1 Å². The van der Waals surface area contributed by atoms with Crippen molar-refractivity contribution in [3.63, 3.8) is 0 Å². The summed E-state index contributed by atoms with van der Waals surface area (Å²) in [4.78, 5) is 12.4. The molecule has 2 aromatic carbocycles. The molecule has 1 amide bonds. The lowest BCUT2D eigenvalue weighted by atomic mass is 10.1. The first kappa shape index (κ1) is 19.5. The van der Waals surface area contributed by atoms with Crippen LogP contribution in [0.1, 0.15) is 41.8 Å². The second-order valence-electron chi connectivity index (χ2n) is 6.21. The first-order valence-electron chi connectivity index (χ1n) is 9.06. The lowest BCUT2D eigenvalue weighted by molar-refractivity contribution is 0.0907. The third-order valence-electron chi connectivity index (χ3n) is 4.10. The van der Waals surface area contributed by atoms with Crippen molar-refractivity contribution in [2.75, 3.05) is 6.61 Å². The number of hydrogen-bond donors (Lipinski definition) is 1. The van der Waals surface area contributed by atoms with Gasteiger partial charge in [-0.2, -0.15) is 0 Å². The van der Waals surface area contributed by atoms with Crippen molar-refractivity contribution < 1.29 is 23.1 Å². The summed E-state index contributed by atoms with van der Waals surface area (Å²) in [5.74, 6) is 1.34. The van der Waals surface area contributed by atoms with Gasteiger partial charge in [0.25, 0.3) is 5.91 Å². The van der Waals surface area contributed by atoms with Crippen LogP contribution in [0.5, 0.6) is 11.5 Å². The zero-order valence-electron chi connectivity index (χ0n) is 15.8. The number of rotatable bonds is 8. The summed E-state index contributed by atoms with van der Waals surface area (Å²) in [6.07, 6.45) is 0. The smallest absolute Gasteiger partial charge is 0.287 e. The summed E-state index contributed by atoms with van der Waals surface area (Å²) in [7, 11) is 0. The zero-order valence-corrected chi connectivity index (χ0v) is 15.8. The van der Waals surface area contributed by atoms with Crippen LogP contribution in [0.4, 0.5) is 4.39 Å². The SMILES string of the molecule is CCOc1cccc(C(C)NC(=O)c2ccc(COc3ccc(F)cc3)o2)c1. The highest BCUT2D eigenvalue weighted by molar-refractivity contribution is 5.91. The second kappa shape index (κ2) is 9.08. The van der Waals surface area contributed by atoms with E-state index in [2.05, 4.69) is 5.32 Å². The highest BCUT2D eigenvalue weighted by Crippen LogP contribution is 2.20. The summed E-state index contributed by atoms with van der Waals surface area (Å²) in [5, 5.41) is 2.90. The molecule has 0 saturated heterocycles. The van der Waals surface area contributed by atoms with Crippen molar-refractivity contribution >= 4 is 5.91 Å². The van der Waals surface area contributed by atoms with Gasteiger partial charge in [0.2, 0.25) is 0 Å². The molecule has 3 rings (SSSR count). The van der Waals surface area contributed by atoms with Crippen LogP contribution in [0.25, 0.3) is 0 Å². The lowest BCUT2D eigenvalue weighted by Crippen LogP contribution is -2.26. The molecule has 1 N–H and O–H groups in total. The van der Waals surface area contributed by atoms with E-state index in [0.29, 0.717) is 18.1 Å². The van der Waals surface area contributed by atoms with Crippen LogP contribution in [-0.2, 0) is 6.61 Å². The number of amides is 1. The summed E-state index contributed by atoms with van der Waals surface area (Å²) in [5.41, 5.74) is 0.936. The van der Waals surface area contributed by atoms with Gasteiger partial charge in [-0.15, -0.1) is 0 Å². The van der Waals surface area contributed by atoms with Crippen molar-refractivity contribution in [1.82, 2.24) is 5.32 Å². The molecule has 1 aromatic heterocycles.